The van der Waals surface area contributed by atoms with Crippen LogP contribution in [-0.2, 0) is 17.4 Å². The lowest BCUT2D eigenvalue weighted by atomic mass is 10.1. The third-order valence-corrected chi connectivity index (χ3v) is 4.95. The van der Waals surface area contributed by atoms with Crippen LogP contribution in [-0.4, -0.2) is 42.0 Å². The Labute approximate surface area is 172 Å². The van der Waals surface area contributed by atoms with Crippen LogP contribution < -0.4 is 5.32 Å². The van der Waals surface area contributed by atoms with E-state index < -0.39 is 11.7 Å². The summed E-state index contributed by atoms with van der Waals surface area (Å²) in [5.41, 5.74) is 0.312. The van der Waals surface area contributed by atoms with Crippen molar-refractivity contribution in [2.45, 2.75) is 19.0 Å². The molecule has 1 amide bonds. The molecule has 0 atom stereocenters. The lowest BCUT2D eigenvalue weighted by Crippen LogP contribution is -2.35. The van der Waals surface area contributed by atoms with Crippen molar-refractivity contribution in [3.8, 4) is 10.6 Å². The van der Waals surface area contributed by atoms with Crippen LogP contribution in [0.25, 0.3) is 10.6 Å². The molecular formula is C17H20Cl2F3N3OS. The number of halogens is 5. The molecule has 1 aliphatic heterocycles. The average molecular weight is 442 g/mol. The number of carbonyl (C=O) groups excluding carboxylic acids is 1. The van der Waals surface area contributed by atoms with Gasteiger partial charge >= 0.3 is 6.18 Å². The Morgan fingerprint density at radius 1 is 1.22 bits per heavy atom. The first-order valence-corrected chi connectivity index (χ1v) is 8.92. The molecule has 2 aromatic rings. The SMILES string of the molecule is Cl.Cl.O=C(Cc1csc(-c2cccc(C(F)(F)F)c2)n1)N1CCCNCC1. The number of thiazole rings is 1. The maximum atomic E-state index is 12.8. The van der Waals surface area contributed by atoms with Crippen molar-refractivity contribution in [1.29, 1.82) is 0 Å². The van der Waals surface area contributed by atoms with E-state index in [2.05, 4.69) is 10.3 Å². The highest BCUT2D eigenvalue weighted by Gasteiger charge is 2.30. The van der Waals surface area contributed by atoms with Crippen LogP contribution in [0.1, 0.15) is 17.7 Å². The van der Waals surface area contributed by atoms with E-state index >= 15 is 0 Å². The number of hydrogen-bond acceptors (Lipinski definition) is 4. The Morgan fingerprint density at radius 3 is 2.74 bits per heavy atom. The molecule has 3 rings (SSSR count). The summed E-state index contributed by atoms with van der Waals surface area (Å²) in [5.74, 6) is 0.00425. The Balaban J connectivity index is 0.00000182. The molecule has 1 N–H and O–H groups in total. The van der Waals surface area contributed by atoms with Crippen molar-refractivity contribution in [3.63, 3.8) is 0 Å². The van der Waals surface area contributed by atoms with Crippen molar-refractivity contribution in [1.82, 2.24) is 15.2 Å². The first-order chi connectivity index (χ1) is 11.9. The van der Waals surface area contributed by atoms with Crippen LogP contribution in [0.4, 0.5) is 13.2 Å². The third-order valence-electron chi connectivity index (χ3n) is 4.01. The summed E-state index contributed by atoms with van der Waals surface area (Å²) in [6, 6.07) is 5.09. The zero-order valence-corrected chi connectivity index (χ0v) is 16.7. The smallest absolute Gasteiger partial charge is 0.341 e. The topological polar surface area (TPSA) is 45.2 Å². The van der Waals surface area contributed by atoms with Crippen molar-refractivity contribution in [2.75, 3.05) is 26.2 Å². The molecular weight excluding hydrogens is 422 g/mol. The van der Waals surface area contributed by atoms with E-state index in [9.17, 15) is 18.0 Å². The summed E-state index contributed by atoms with van der Waals surface area (Å²) < 4.78 is 38.5. The van der Waals surface area contributed by atoms with Gasteiger partial charge in [-0.2, -0.15) is 13.2 Å². The number of hydrogen-bond donors (Lipinski definition) is 1. The van der Waals surface area contributed by atoms with Gasteiger partial charge in [-0.3, -0.25) is 4.79 Å². The van der Waals surface area contributed by atoms with Crippen LogP contribution in [0.15, 0.2) is 29.6 Å². The summed E-state index contributed by atoms with van der Waals surface area (Å²) in [5, 5.41) is 5.47. The molecule has 0 unspecified atom stereocenters. The van der Waals surface area contributed by atoms with Gasteiger partial charge in [0.15, 0.2) is 0 Å². The van der Waals surface area contributed by atoms with Gasteiger partial charge in [0.2, 0.25) is 5.91 Å². The fraction of sp³-hybridized carbons (Fsp3) is 0.412. The lowest BCUT2D eigenvalue weighted by Gasteiger charge is -2.19. The quantitative estimate of drug-likeness (QED) is 0.781. The molecule has 1 fully saturated rings. The Hall–Kier alpha value is -1.35. The average Bonchev–Trinajstić information content (AvgIpc) is 2.87. The number of alkyl halides is 3. The summed E-state index contributed by atoms with van der Waals surface area (Å²) >= 11 is 1.25. The van der Waals surface area contributed by atoms with Gasteiger partial charge in [0.25, 0.3) is 0 Å². The fourth-order valence-electron chi connectivity index (χ4n) is 2.71. The number of carbonyl (C=O) groups is 1. The van der Waals surface area contributed by atoms with Gasteiger partial charge in [0, 0.05) is 30.6 Å². The minimum atomic E-state index is -4.38. The highest BCUT2D eigenvalue weighted by atomic mass is 35.5. The molecule has 1 saturated heterocycles. The molecule has 0 bridgehead atoms. The zero-order valence-electron chi connectivity index (χ0n) is 14.3. The molecule has 0 saturated carbocycles. The van der Waals surface area contributed by atoms with Crippen molar-refractivity contribution in [2.24, 2.45) is 0 Å². The summed E-state index contributed by atoms with van der Waals surface area (Å²) in [4.78, 5) is 18.5. The van der Waals surface area contributed by atoms with Crippen molar-refractivity contribution in [3.05, 3.63) is 40.9 Å². The monoisotopic (exact) mass is 441 g/mol. The number of rotatable bonds is 3. The van der Waals surface area contributed by atoms with Gasteiger partial charge in [0.1, 0.15) is 5.01 Å². The second kappa shape index (κ2) is 10.3. The summed E-state index contributed by atoms with van der Waals surface area (Å²) in [6.45, 7) is 3.07. The van der Waals surface area contributed by atoms with Crippen molar-refractivity contribution < 1.29 is 18.0 Å². The van der Waals surface area contributed by atoms with Crippen LogP contribution >= 0.6 is 36.2 Å². The first kappa shape index (κ1) is 23.7. The molecule has 0 radical (unpaired) electrons. The molecule has 1 aliphatic rings. The van der Waals surface area contributed by atoms with Gasteiger partial charge in [-0.1, -0.05) is 12.1 Å². The van der Waals surface area contributed by atoms with Gasteiger partial charge in [0.05, 0.1) is 17.7 Å². The van der Waals surface area contributed by atoms with Gasteiger partial charge in [-0.05, 0) is 25.1 Å². The number of benzene rings is 1. The molecule has 0 aliphatic carbocycles. The van der Waals surface area contributed by atoms with E-state index in [1.165, 1.54) is 17.4 Å². The van der Waals surface area contributed by atoms with Gasteiger partial charge in [-0.25, -0.2) is 4.98 Å². The molecule has 4 nitrogen and oxygen atoms in total. The highest BCUT2D eigenvalue weighted by molar-refractivity contribution is 7.13. The highest BCUT2D eigenvalue weighted by Crippen LogP contribution is 2.33. The third kappa shape index (κ3) is 6.34. The zero-order chi connectivity index (χ0) is 17.9. The number of amides is 1. The molecule has 1 aromatic carbocycles. The molecule has 0 spiro atoms. The van der Waals surface area contributed by atoms with E-state index in [4.69, 9.17) is 0 Å². The predicted molar refractivity (Wildman–Crippen MR) is 105 cm³/mol. The Bertz CT molecular complexity index is 747. The second-order valence-electron chi connectivity index (χ2n) is 5.88. The number of aromatic nitrogens is 1. The van der Waals surface area contributed by atoms with Crippen LogP contribution in [0, 0.1) is 0 Å². The number of nitrogens with zero attached hydrogens (tertiary/aromatic N) is 2. The van der Waals surface area contributed by atoms with Crippen LogP contribution in [0.3, 0.4) is 0 Å². The maximum Gasteiger partial charge on any atom is 0.416 e. The number of nitrogens with one attached hydrogen (secondary N) is 1. The minimum absolute atomic E-state index is 0. The molecule has 1 aromatic heterocycles. The van der Waals surface area contributed by atoms with Gasteiger partial charge < -0.3 is 10.2 Å². The predicted octanol–water partition coefficient (Wildman–Crippen LogP) is 4.04. The normalized spacial score (nSPS) is 14.7. The maximum absolute atomic E-state index is 12.8. The molecule has 2 heterocycles. The standard InChI is InChI=1S/C17H18F3N3OS.2ClH/c18-17(19,20)13-4-1-3-12(9-13)16-22-14(11-25-16)10-15(24)23-7-2-5-21-6-8-23;;/h1,3-4,9,11,21H,2,5-8,10H2;2*1H. The molecule has 10 heteroatoms. The molecule has 27 heavy (non-hydrogen) atoms. The second-order valence-corrected chi connectivity index (χ2v) is 6.74. The first-order valence-electron chi connectivity index (χ1n) is 8.04. The van der Waals surface area contributed by atoms with E-state index in [1.54, 1.807) is 11.4 Å². The minimum Gasteiger partial charge on any atom is -0.341 e. The van der Waals surface area contributed by atoms with Crippen LogP contribution in [0.5, 0.6) is 0 Å². The van der Waals surface area contributed by atoms with E-state index in [0.29, 0.717) is 22.8 Å². The Kier molecular flexibility index (Phi) is 9.01. The van der Waals surface area contributed by atoms with E-state index in [0.717, 1.165) is 38.2 Å². The lowest BCUT2D eigenvalue weighted by molar-refractivity contribution is -0.137. The van der Waals surface area contributed by atoms with Crippen LogP contribution in [0.2, 0.25) is 0 Å². The van der Waals surface area contributed by atoms with Crippen molar-refractivity contribution >= 4 is 42.1 Å². The summed E-state index contributed by atoms with van der Waals surface area (Å²) in [6.07, 6.45) is -3.29. The van der Waals surface area contributed by atoms with E-state index in [-0.39, 0.29) is 37.1 Å². The molecule has 150 valence electrons. The Morgan fingerprint density at radius 2 is 2.00 bits per heavy atom. The fourth-order valence-corrected chi connectivity index (χ4v) is 3.53. The largest absolute Gasteiger partial charge is 0.416 e. The van der Waals surface area contributed by atoms with Gasteiger partial charge in [-0.15, -0.1) is 36.2 Å². The van der Waals surface area contributed by atoms with E-state index in [1.807, 2.05) is 4.90 Å². The summed E-state index contributed by atoms with van der Waals surface area (Å²) in [7, 11) is 0.